The van der Waals surface area contributed by atoms with Crippen LogP contribution in [-0.2, 0) is 16.4 Å². The maximum Gasteiger partial charge on any atom is 0.243 e. The number of H-pyrrole nitrogens is 1. The zero-order valence-electron chi connectivity index (χ0n) is 10.9. The molecule has 20 heavy (non-hydrogen) atoms. The highest BCUT2D eigenvalue weighted by Gasteiger charge is 2.20. The molecule has 0 unspecified atom stereocenters. The Morgan fingerprint density at radius 2 is 2.20 bits per heavy atom. The van der Waals surface area contributed by atoms with Gasteiger partial charge in [-0.25, -0.2) is 22.5 Å². The molecule has 0 spiro atoms. The molecule has 0 aliphatic heterocycles. The van der Waals surface area contributed by atoms with Crippen LogP contribution in [0.3, 0.4) is 0 Å². The van der Waals surface area contributed by atoms with E-state index in [9.17, 15) is 12.8 Å². The summed E-state index contributed by atoms with van der Waals surface area (Å²) < 4.78 is 40.3. The number of aromatic nitrogens is 2. The lowest BCUT2D eigenvalue weighted by molar-refractivity contribution is 0.553. The maximum absolute atomic E-state index is 13.9. The molecule has 8 heteroatoms. The quantitative estimate of drug-likeness (QED) is 0.716. The summed E-state index contributed by atoms with van der Waals surface area (Å²) in [5.41, 5.74) is 5.95. The van der Waals surface area contributed by atoms with Crippen molar-refractivity contribution in [2.45, 2.75) is 18.2 Å². The SMILES string of the molecule is Cc1cc(N)cc(S(=O)(=O)NCCc2ncc[nH]2)c1F. The Labute approximate surface area is 116 Å². The molecule has 0 saturated heterocycles. The molecule has 2 aromatic rings. The summed E-state index contributed by atoms with van der Waals surface area (Å²) in [5.74, 6) is -0.137. The third-order valence-electron chi connectivity index (χ3n) is 2.74. The van der Waals surface area contributed by atoms with Crippen LogP contribution in [0.25, 0.3) is 0 Å². The average molecular weight is 298 g/mol. The molecule has 0 atom stereocenters. The second-order valence-corrected chi connectivity index (χ2v) is 6.07. The Kier molecular flexibility index (Phi) is 4.05. The summed E-state index contributed by atoms with van der Waals surface area (Å²) in [5, 5.41) is 0. The van der Waals surface area contributed by atoms with Crippen LogP contribution >= 0.6 is 0 Å². The van der Waals surface area contributed by atoms with Crippen LogP contribution in [0.15, 0.2) is 29.4 Å². The number of hydrogen-bond acceptors (Lipinski definition) is 4. The van der Waals surface area contributed by atoms with Crippen molar-refractivity contribution in [2.24, 2.45) is 0 Å². The number of nitrogens with zero attached hydrogens (tertiary/aromatic N) is 1. The van der Waals surface area contributed by atoms with Crippen molar-refractivity contribution in [3.8, 4) is 0 Å². The van der Waals surface area contributed by atoms with Gasteiger partial charge in [0.25, 0.3) is 0 Å². The number of rotatable bonds is 5. The van der Waals surface area contributed by atoms with Gasteiger partial charge in [-0.05, 0) is 24.6 Å². The number of aromatic amines is 1. The smallest absolute Gasteiger partial charge is 0.243 e. The predicted octanol–water partition coefficient (Wildman–Crippen LogP) is 0.960. The highest BCUT2D eigenvalue weighted by molar-refractivity contribution is 7.89. The van der Waals surface area contributed by atoms with Gasteiger partial charge in [0.1, 0.15) is 16.5 Å². The Morgan fingerprint density at radius 3 is 2.85 bits per heavy atom. The first-order valence-corrected chi connectivity index (χ1v) is 7.42. The van der Waals surface area contributed by atoms with Crippen molar-refractivity contribution in [3.63, 3.8) is 0 Å². The molecule has 0 fully saturated rings. The minimum absolute atomic E-state index is 0.114. The van der Waals surface area contributed by atoms with Crippen molar-refractivity contribution in [2.75, 3.05) is 12.3 Å². The first-order chi connectivity index (χ1) is 9.40. The Hall–Kier alpha value is -1.93. The molecule has 6 nitrogen and oxygen atoms in total. The van der Waals surface area contributed by atoms with E-state index in [2.05, 4.69) is 14.7 Å². The van der Waals surface area contributed by atoms with Crippen molar-refractivity contribution >= 4 is 15.7 Å². The minimum atomic E-state index is -3.94. The van der Waals surface area contributed by atoms with Gasteiger partial charge >= 0.3 is 0 Å². The molecule has 4 N–H and O–H groups in total. The molecule has 0 amide bonds. The van der Waals surface area contributed by atoms with Gasteiger partial charge in [0.05, 0.1) is 0 Å². The Morgan fingerprint density at radius 1 is 1.45 bits per heavy atom. The molecular formula is C12H15FN4O2S. The zero-order valence-corrected chi connectivity index (χ0v) is 11.7. The van der Waals surface area contributed by atoms with Gasteiger partial charge in [-0.2, -0.15) is 0 Å². The largest absolute Gasteiger partial charge is 0.399 e. The molecule has 0 radical (unpaired) electrons. The van der Waals surface area contributed by atoms with Crippen molar-refractivity contribution in [1.29, 1.82) is 0 Å². The molecule has 1 aromatic carbocycles. The maximum atomic E-state index is 13.9. The lowest BCUT2D eigenvalue weighted by Gasteiger charge is -2.09. The van der Waals surface area contributed by atoms with E-state index in [0.29, 0.717) is 12.2 Å². The second-order valence-electron chi connectivity index (χ2n) is 4.33. The molecule has 0 saturated carbocycles. The third-order valence-corrected chi connectivity index (χ3v) is 4.20. The number of imidazole rings is 1. The van der Waals surface area contributed by atoms with Crippen molar-refractivity contribution < 1.29 is 12.8 Å². The summed E-state index contributed by atoms with van der Waals surface area (Å²) in [7, 11) is -3.94. The van der Waals surface area contributed by atoms with Crippen LogP contribution in [0.4, 0.5) is 10.1 Å². The number of nitrogens with one attached hydrogen (secondary N) is 2. The van der Waals surface area contributed by atoms with Crippen LogP contribution < -0.4 is 10.5 Å². The van der Waals surface area contributed by atoms with Crippen LogP contribution in [0, 0.1) is 12.7 Å². The van der Waals surface area contributed by atoms with Gasteiger partial charge < -0.3 is 10.7 Å². The highest BCUT2D eigenvalue weighted by Crippen LogP contribution is 2.21. The van der Waals surface area contributed by atoms with Crippen molar-refractivity contribution in [1.82, 2.24) is 14.7 Å². The van der Waals surface area contributed by atoms with Crippen LogP contribution in [0.1, 0.15) is 11.4 Å². The van der Waals surface area contributed by atoms with E-state index < -0.39 is 20.7 Å². The number of anilines is 1. The average Bonchev–Trinajstić information content (AvgIpc) is 2.86. The summed E-state index contributed by atoms with van der Waals surface area (Å²) in [4.78, 5) is 6.39. The summed E-state index contributed by atoms with van der Waals surface area (Å²) in [6, 6.07) is 2.49. The molecule has 1 heterocycles. The predicted molar refractivity (Wildman–Crippen MR) is 73.0 cm³/mol. The second kappa shape index (κ2) is 5.59. The number of halogens is 1. The number of benzene rings is 1. The first-order valence-electron chi connectivity index (χ1n) is 5.93. The number of hydrogen-bond donors (Lipinski definition) is 3. The first kappa shape index (κ1) is 14.5. The topological polar surface area (TPSA) is 101 Å². The molecule has 0 bridgehead atoms. The molecule has 2 rings (SSSR count). The number of sulfonamides is 1. The minimum Gasteiger partial charge on any atom is -0.399 e. The van der Waals surface area contributed by atoms with Crippen LogP contribution in [-0.4, -0.2) is 24.9 Å². The molecule has 108 valence electrons. The van der Waals surface area contributed by atoms with Crippen LogP contribution in [0.2, 0.25) is 0 Å². The van der Waals surface area contributed by atoms with E-state index in [1.165, 1.54) is 13.0 Å². The van der Waals surface area contributed by atoms with Gasteiger partial charge in [0, 0.05) is 31.0 Å². The Bertz CT molecular complexity index is 698. The van der Waals surface area contributed by atoms with Gasteiger partial charge in [0.15, 0.2) is 0 Å². The summed E-state index contributed by atoms with van der Waals surface area (Å²) in [6.07, 6.45) is 3.60. The summed E-state index contributed by atoms with van der Waals surface area (Å²) >= 11 is 0. The zero-order chi connectivity index (χ0) is 14.8. The number of nitrogens with two attached hydrogens (primary N) is 1. The van der Waals surface area contributed by atoms with Gasteiger partial charge in [-0.1, -0.05) is 0 Å². The fourth-order valence-corrected chi connectivity index (χ4v) is 2.99. The van der Waals surface area contributed by atoms with E-state index in [-0.39, 0.29) is 17.8 Å². The van der Waals surface area contributed by atoms with E-state index in [0.717, 1.165) is 6.07 Å². The fourth-order valence-electron chi connectivity index (χ4n) is 1.78. The van der Waals surface area contributed by atoms with Crippen LogP contribution in [0.5, 0.6) is 0 Å². The molecule has 0 aliphatic carbocycles. The monoisotopic (exact) mass is 298 g/mol. The Balaban J connectivity index is 2.14. The molecule has 1 aromatic heterocycles. The lowest BCUT2D eigenvalue weighted by Crippen LogP contribution is -2.27. The standard InChI is InChI=1S/C12H15FN4O2S/c1-8-6-9(14)7-10(12(8)13)20(18,19)17-3-2-11-15-4-5-16-11/h4-7,17H,2-3,14H2,1H3,(H,15,16). The molecular weight excluding hydrogens is 283 g/mol. The lowest BCUT2D eigenvalue weighted by atomic mass is 10.2. The fraction of sp³-hybridized carbons (Fsp3) is 0.250. The van der Waals surface area contributed by atoms with Gasteiger partial charge in [0.2, 0.25) is 10.0 Å². The van der Waals surface area contributed by atoms with Crippen molar-refractivity contribution in [3.05, 3.63) is 41.7 Å². The van der Waals surface area contributed by atoms with Gasteiger partial charge in [-0.3, -0.25) is 0 Å². The van der Waals surface area contributed by atoms with E-state index in [1.54, 1.807) is 12.4 Å². The highest BCUT2D eigenvalue weighted by atomic mass is 32.2. The normalized spacial score (nSPS) is 11.7. The summed E-state index contributed by atoms with van der Waals surface area (Å²) in [6.45, 7) is 1.58. The third kappa shape index (κ3) is 3.14. The van der Waals surface area contributed by atoms with E-state index >= 15 is 0 Å². The van der Waals surface area contributed by atoms with E-state index in [4.69, 9.17) is 5.73 Å². The van der Waals surface area contributed by atoms with E-state index in [1.807, 2.05) is 0 Å². The number of nitrogen functional groups attached to an aromatic ring is 1. The number of aryl methyl sites for hydroxylation is 1. The van der Waals surface area contributed by atoms with Gasteiger partial charge in [-0.15, -0.1) is 0 Å². The molecule has 0 aliphatic rings.